The van der Waals surface area contributed by atoms with Crippen LogP contribution in [-0.4, -0.2) is 10.8 Å². The van der Waals surface area contributed by atoms with Gasteiger partial charge in [-0.15, -0.1) is 0 Å². The van der Waals surface area contributed by atoms with Crippen molar-refractivity contribution >= 4 is 23.5 Å². The van der Waals surface area contributed by atoms with Crippen LogP contribution in [0.5, 0.6) is 11.5 Å². The second-order valence-corrected chi connectivity index (χ2v) is 6.23. The number of rotatable bonds is 4. The highest BCUT2D eigenvalue weighted by Crippen LogP contribution is 2.35. The molecule has 0 saturated heterocycles. The standard InChI is InChI=1S/C21H14ClNO3/c22-16-3-1-15(2-4-16)13-25-17-5-6-18-19(12-17)26-20(21(18)24)11-14-7-9-23-10-8-14/h1-12H,13H2. The highest BCUT2D eigenvalue weighted by atomic mass is 35.5. The minimum absolute atomic E-state index is 0.138. The molecule has 0 unspecified atom stereocenters. The van der Waals surface area contributed by atoms with Gasteiger partial charge in [0.2, 0.25) is 5.78 Å². The predicted molar refractivity (Wildman–Crippen MR) is 99.4 cm³/mol. The Hall–Kier alpha value is -3.11. The lowest BCUT2D eigenvalue weighted by atomic mass is 10.1. The minimum Gasteiger partial charge on any atom is -0.489 e. The normalized spacial score (nSPS) is 14.2. The van der Waals surface area contributed by atoms with Crippen molar-refractivity contribution in [1.29, 1.82) is 0 Å². The van der Waals surface area contributed by atoms with Crippen molar-refractivity contribution in [1.82, 2.24) is 4.98 Å². The van der Waals surface area contributed by atoms with Gasteiger partial charge < -0.3 is 9.47 Å². The Morgan fingerprint density at radius 2 is 1.81 bits per heavy atom. The molecule has 0 aliphatic carbocycles. The fourth-order valence-electron chi connectivity index (χ4n) is 2.62. The molecule has 3 aromatic rings. The zero-order valence-corrected chi connectivity index (χ0v) is 14.4. The molecular weight excluding hydrogens is 350 g/mol. The van der Waals surface area contributed by atoms with Crippen LogP contribution in [0.15, 0.2) is 72.8 Å². The quantitative estimate of drug-likeness (QED) is 0.617. The first-order chi connectivity index (χ1) is 12.7. The van der Waals surface area contributed by atoms with Crippen molar-refractivity contribution in [2.45, 2.75) is 6.61 Å². The number of hydrogen-bond donors (Lipinski definition) is 0. The lowest BCUT2D eigenvalue weighted by Gasteiger charge is -2.07. The number of carbonyl (C=O) groups excluding carboxylic acids is 1. The van der Waals surface area contributed by atoms with Crippen LogP contribution in [0.4, 0.5) is 0 Å². The third-order valence-corrected chi connectivity index (χ3v) is 4.22. The van der Waals surface area contributed by atoms with Gasteiger partial charge in [-0.25, -0.2) is 0 Å². The maximum Gasteiger partial charge on any atom is 0.231 e. The van der Waals surface area contributed by atoms with E-state index in [2.05, 4.69) is 4.98 Å². The molecule has 2 heterocycles. The first-order valence-electron chi connectivity index (χ1n) is 8.04. The largest absolute Gasteiger partial charge is 0.489 e. The van der Waals surface area contributed by atoms with E-state index >= 15 is 0 Å². The molecule has 0 fully saturated rings. The molecule has 2 aromatic carbocycles. The predicted octanol–water partition coefficient (Wildman–Crippen LogP) is 4.93. The van der Waals surface area contributed by atoms with Gasteiger partial charge in [0.1, 0.15) is 18.1 Å². The molecule has 26 heavy (non-hydrogen) atoms. The number of fused-ring (bicyclic) bond motifs is 1. The van der Waals surface area contributed by atoms with Crippen LogP contribution in [0.2, 0.25) is 5.02 Å². The van der Waals surface area contributed by atoms with Crippen molar-refractivity contribution in [3.05, 3.63) is 94.5 Å². The third kappa shape index (κ3) is 3.46. The van der Waals surface area contributed by atoms with Crippen LogP contribution in [0.1, 0.15) is 21.5 Å². The molecule has 0 radical (unpaired) electrons. The molecule has 4 nitrogen and oxygen atoms in total. The molecule has 1 aliphatic rings. The minimum atomic E-state index is -0.138. The number of halogens is 1. The number of nitrogens with zero attached hydrogens (tertiary/aromatic N) is 1. The Bertz CT molecular complexity index is 982. The molecule has 0 N–H and O–H groups in total. The summed E-state index contributed by atoms with van der Waals surface area (Å²) in [7, 11) is 0. The van der Waals surface area contributed by atoms with Gasteiger partial charge in [-0.2, -0.15) is 0 Å². The monoisotopic (exact) mass is 363 g/mol. The summed E-state index contributed by atoms with van der Waals surface area (Å²) in [6.07, 6.45) is 5.04. The Balaban J connectivity index is 1.50. The Labute approximate surface area is 155 Å². The summed E-state index contributed by atoms with van der Waals surface area (Å²) in [4.78, 5) is 16.4. The molecule has 0 saturated carbocycles. The van der Waals surface area contributed by atoms with E-state index in [1.54, 1.807) is 36.7 Å². The number of Topliss-reactive ketones (excluding diaryl/α,β-unsaturated/α-hetero) is 1. The van der Waals surface area contributed by atoms with E-state index in [1.165, 1.54) is 0 Å². The van der Waals surface area contributed by atoms with Crippen LogP contribution >= 0.6 is 11.6 Å². The highest BCUT2D eigenvalue weighted by molar-refractivity contribution is 6.30. The Kier molecular flexibility index (Phi) is 4.42. The van der Waals surface area contributed by atoms with Crippen LogP contribution in [0.25, 0.3) is 6.08 Å². The number of allylic oxidation sites excluding steroid dienone is 1. The van der Waals surface area contributed by atoms with E-state index in [4.69, 9.17) is 21.1 Å². The van der Waals surface area contributed by atoms with E-state index in [-0.39, 0.29) is 5.78 Å². The summed E-state index contributed by atoms with van der Waals surface area (Å²) in [6.45, 7) is 0.406. The van der Waals surface area contributed by atoms with Gasteiger partial charge in [-0.05, 0) is 53.6 Å². The Morgan fingerprint density at radius 1 is 1.04 bits per heavy atom. The molecular formula is C21H14ClNO3. The highest BCUT2D eigenvalue weighted by Gasteiger charge is 2.27. The second kappa shape index (κ2) is 7.02. The maximum atomic E-state index is 12.5. The van der Waals surface area contributed by atoms with Crippen molar-refractivity contribution in [3.8, 4) is 11.5 Å². The number of aromatic nitrogens is 1. The molecule has 1 aliphatic heterocycles. The van der Waals surface area contributed by atoms with Crippen molar-refractivity contribution in [2.24, 2.45) is 0 Å². The summed E-state index contributed by atoms with van der Waals surface area (Å²) in [5, 5.41) is 0.687. The van der Waals surface area contributed by atoms with Gasteiger partial charge in [-0.1, -0.05) is 23.7 Å². The zero-order valence-electron chi connectivity index (χ0n) is 13.7. The van der Waals surface area contributed by atoms with Crippen molar-refractivity contribution in [2.75, 3.05) is 0 Å². The Morgan fingerprint density at radius 3 is 2.58 bits per heavy atom. The summed E-state index contributed by atoms with van der Waals surface area (Å²) < 4.78 is 11.5. The molecule has 0 spiro atoms. The molecule has 5 heteroatoms. The van der Waals surface area contributed by atoms with Crippen LogP contribution in [0, 0.1) is 0 Å². The lowest BCUT2D eigenvalue weighted by molar-refractivity contribution is 0.101. The SMILES string of the molecule is O=C1C(=Cc2ccncc2)Oc2cc(OCc3ccc(Cl)cc3)ccc21. The number of ether oxygens (including phenoxy) is 2. The summed E-state index contributed by atoms with van der Waals surface area (Å²) in [5.74, 6) is 1.29. The average Bonchev–Trinajstić information content (AvgIpc) is 2.97. The molecule has 128 valence electrons. The van der Waals surface area contributed by atoms with Gasteiger partial charge in [0.05, 0.1) is 5.56 Å². The van der Waals surface area contributed by atoms with Crippen molar-refractivity contribution < 1.29 is 14.3 Å². The molecule has 0 atom stereocenters. The van der Waals surface area contributed by atoms with Gasteiger partial charge >= 0.3 is 0 Å². The topological polar surface area (TPSA) is 48.4 Å². The van der Waals surface area contributed by atoms with Gasteiger partial charge in [0, 0.05) is 23.5 Å². The van der Waals surface area contributed by atoms with E-state index in [9.17, 15) is 4.79 Å². The smallest absolute Gasteiger partial charge is 0.231 e. The summed E-state index contributed by atoms with van der Waals surface area (Å²) in [5.41, 5.74) is 2.39. The van der Waals surface area contributed by atoms with Gasteiger partial charge in [0.25, 0.3) is 0 Å². The zero-order chi connectivity index (χ0) is 17.9. The van der Waals surface area contributed by atoms with Crippen LogP contribution in [-0.2, 0) is 6.61 Å². The fourth-order valence-corrected chi connectivity index (χ4v) is 2.74. The second-order valence-electron chi connectivity index (χ2n) is 5.79. The van der Waals surface area contributed by atoms with E-state index in [1.807, 2.05) is 36.4 Å². The molecule has 0 bridgehead atoms. The first kappa shape index (κ1) is 16.4. The van der Waals surface area contributed by atoms with E-state index in [0.717, 1.165) is 11.1 Å². The van der Waals surface area contributed by atoms with Gasteiger partial charge in [0.15, 0.2) is 5.76 Å². The summed E-state index contributed by atoms with van der Waals surface area (Å²) in [6, 6.07) is 16.3. The van der Waals surface area contributed by atoms with Crippen LogP contribution in [0.3, 0.4) is 0 Å². The molecule has 4 rings (SSSR count). The number of pyridine rings is 1. The van der Waals surface area contributed by atoms with E-state index < -0.39 is 0 Å². The first-order valence-corrected chi connectivity index (χ1v) is 8.42. The summed E-state index contributed by atoms with van der Waals surface area (Å²) >= 11 is 5.88. The maximum absolute atomic E-state index is 12.5. The average molecular weight is 364 g/mol. The van der Waals surface area contributed by atoms with E-state index in [0.29, 0.717) is 34.5 Å². The number of ketones is 1. The lowest BCUT2D eigenvalue weighted by Crippen LogP contribution is -1.98. The van der Waals surface area contributed by atoms with Crippen molar-refractivity contribution in [3.63, 3.8) is 0 Å². The third-order valence-electron chi connectivity index (χ3n) is 3.96. The van der Waals surface area contributed by atoms with Crippen LogP contribution < -0.4 is 9.47 Å². The number of benzene rings is 2. The molecule has 0 amide bonds. The van der Waals surface area contributed by atoms with Gasteiger partial charge in [-0.3, -0.25) is 9.78 Å². The number of carbonyl (C=O) groups is 1. The number of hydrogen-bond acceptors (Lipinski definition) is 4. The molecule has 1 aromatic heterocycles. The fraction of sp³-hybridized carbons (Fsp3) is 0.0476.